The van der Waals surface area contributed by atoms with Crippen LogP contribution in [-0.2, 0) is 22.8 Å². The fourth-order valence-corrected chi connectivity index (χ4v) is 4.21. The van der Waals surface area contributed by atoms with E-state index in [0.717, 1.165) is 48.3 Å². The number of halogens is 1. The predicted molar refractivity (Wildman–Crippen MR) is 142 cm³/mol. The number of pyridine rings is 1. The van der Waals surface area contributed by atoms with E-state index in [1.165, 1.54) is 19.1 Å². The molecule has 2 heterocycles. The van der Waals surface area contributed by atoms with Crippen molar-refractivity contribution in [3.05, 3.63) is 53.7 Å². The van der Waals surface area contributed by atoms with E-state index < -0.39 is 9.84 Å². The fraction of sp³-hybridized carbons (Fsp3) is 0.478. The molecule has 0 radical (unpaired) electrons. The Morgan fingerprint density at radius 3 is 2.31 bits per heavy atom. The topological polar surface area (TPSA) is 86.7 Å². The molecule has 2 N–H and O–H groups in total. The van der Waals surface area contributed by atoms with E-state index in [-0.39, 0.29) is 24.0 Å². The molecule has 0 aliphatic carbocycles. The Hall–Kier alpha value is -1.88. The number of sulfone groups is 1. The third kappa shape index (κ3) is 7.91. The fourth-order valence-electron chi connectivity index (χ4n) is 3.58. The molecule has 0 spiro atoms. The zero-order chi connectivity index (χ0) is 22.3. The smallest absolute Gasteiger partial charge is 0.191 e. The van der Waals surface area contributed by atoms with Gasteiger partial charge in [0.2, 0.25) is 0 Å². The summed E-state index contributed by atoms with van der Waals surface area (Å²) in [5.74, 6) is 2.59. The molecule has 0 saturated carbocycles. The first-order chi connectivity index (χ1) is 14.8. The van der Waals surface area contributed by atoms with E-state index in [0.29, 0.717) is 18.0 Å². The van der Waals surface area contributed by atoms with Crippen LogP contribution in [0.4, 0.5) is 5.82 Å². The zero-order valence-corrected chi connectivity index (χ0v) is 22.2. The normalized spacial score (nSPS) is 15.2. The molecule has 1 aliphatic heterocycles. The summed E-state index contributed by atoms with van der Waals surface area (Å²) in [6.45, 7) is 5.82. The maximum atomic E-state index is 11.5. The minimum atomic E-state index is -3.16. The van der Waals surface area contributed by atoms with Gasteiger partial charge in [0.05, 0.1) is 4.90 Å². The number of piperidine rings is 1. The van der Waals surface area contributed by atoms with Crippen LogP contribution in [0.3, 0.4) is 0 Å². The van der Waals surface area contributed by atoms with Gasteiger partial charge in [-0.2, -0.15) is 0 Å². The Balaban J connectivity index is 0.00000363. The lowest BCUT2D eigenvalue weighted by molar-refractivity contribution is 0.436. The SMILES string of the molecule is CN=C(NCCc1ccc(S(C)(=O)=O)cc1)NCc1ccc(N2CCC(C)CC2)nc1.I. The second-order valence-electron chi connectivity index (χ2n) is 8.21. The highest BCUT2D eigenvalue weighted by Gasteiger charge is 2.16. The molecule has 3 rings (SSSR count). The Morgan fingerprint density at radius 2 is 1.75 bits per heavy atom. The van der Waals surface area contributed by atoms with Gasteiger partial charge in [0.25, 0.3) is 0 Å². The summed E-state index contributed by atoms with van der Waals surface area (Å²) in [5.41, 5.74) is 2.18. The highest BCUT2D eigenvalue weighted by Crippen LogP contribution is 2.21. The molecule has 1 fully saturated rings. The van der Waals surface area contributed by atoms with E-state index in [1.807, 2.05) is 18.3 Å². The van der Waals surface area contributed by atoms with Gasteiger partial charge >= 0.3 is 0 Å². The number of aliphatic imine (C=N–C) groups is 1. The Kier molecular flexibility index (Phi) is 10.2. The number of anilines is 1. The minimum absolute atomic E-state index is 0. The van der Waals surface area contributed by atoms with Gasteiger partial charge in [-0.3, -0.25) is 4.99 Å². The molecule has 0 bridgehead atoms. The van der Waals surface area contributed by atoms with Gasteiger partial charge in [0.1, 0.15) is 5.82 Å². The van der Waals surface area contributed by atoms with Crippen LogP contribution in [0.5, 0.6) is 0 Å². The summed E-state index contributed by atoms with van der Waals surface area (Å²) >= 11 is 0. The summed E-state index contributed by atoms with van der Waals surface area (Å²) in [7, 11) is -1.41. The summed E-state index contributed by atoms with van der Waals surface area (Å²) in [6.07, 6.45) is 6.38. The molecule has 0 amide bonds. The van der Waals surface area contributed by atoms with Gasteiger partial charge in [0.15, 0.2) is 15.8 Å². The molecule has 1 aromatic carbocycles. The molecule has 7 nitrogen and oxygen atoms in total. The van der Waals surface area contributed by atoms with Crippen molar-refractivity contribution in [1.29, 1.82) is 0 Å². The van der Waals surface area contributed by atoms with Crippen molar-refractivity contribution in [2.24, 2.45) is 10.9 Å². The highest BCUT2D eigenvalue weighted by molar-refractivity contribution is 14.0. The summed E-state index contributed by atoms with van der Waals surface area (Å²) in [4.78, 5) is 11.6. The van der Waals surface area contributed by atoms with Gasteiger partial charge in [0, 0.05) is 45.7 Å². The second kappa shape index (κ2) is 12.4. The van der Waals surface area contributed by atoms with Crippen molar-refractivity contribution in [2.45, 2.75) is 37.6 Å². The predicted octanol–water partition coefficient (Wildman–Crippen LogP) is 3.25. The molecular weight excluding hydrogens is 537 g/mol. The first-order valence-corrected chi connectivity index (χ1v) is 12.7. The van der Waals surface area contributed by atoms with Crippen molar-refractivity contribution in [3.63, 3.8) is 0 Å². The van der Waals surface area contributed by atoms with Crippen LogP contribution >= 0.6 is 24.0 Å². The quantitative estimate of drug-likeness (QED) is 0.302. The Bertz CT molecular complexity index is 970. The van der Waals surface area contributed by atoms with Crippen LogP contribution in [0.2, 0.25) is 0 Å². The van der Waals surface area contributed by atoms with Crippen LogP contribution in [0.25, 0.3) is 0 Å². The summed E-state index contributed by atoms with van der Waals surface area (Å²) < 4.78 is 23.1. The number of aromatic nitrogens is 1. The molecule has 176 valence electrons. The van der Waals surface area contributed by atoms with E-state index in [1.54, 1.807) is 19.2 Å². The van der Waals surface area contributed by atoms with E-state index in [2.05, 4.69) is 44.6 Å². The van der Waals surface area contributed by atoms with Crippen molar-refractivity contribution < 1.29 is 8.42 Å². The highest BCUT2D eigenvalue weighted by atomic mass is 127. The van der Waals surface area contributed by atoms with Gasteiger partial charge in [-0.05, 0) is 54.5 Å². The molecule has 0 atom stereocenters. The number of rotatable bonds is 7. The minimum Gasteiger partial charge on any atom is -0.357 e. The maximum Gasteiger partial charge on any atom is 0.191 e. The van der Waals surface area contributed by atoms with Crippen LogP contribution in [0.15, 0.2) is 52.5 Å². The van der Waals surface area contributed by atoms with Crippen LogP contribution in [0.1, 0.15) is 30.9 Å². The van der Waals surface area contributed by atoms with E-state index in [4.69, 9.17) is 0 Å². The number of hydrogen-bond acceptors (Lipinski definition) is 5. The monoisotopic (exact) mass is 571 g/mol. The van der Waals surface area contributed by atoms with Gasteiger partial charge in [-0.15, -0.1) is 24.0 Å². The zero-order valence-electron chi connectivity index (χ0n) is 19.0. The third-order valence-corrected chi connectivity index (χ3v) is 6.79. The Labute approximate surface area is 209 Å². The van der Waals surface area contributed by atoms with E-state index in [9.17, 15) is 8.42 Å². The average Bonchev–Trinajstić information content (AvgIpc) is 2.77. The molecule has 2 aromatic rings. The third-order valence-electron chi connectivity index (χ3n) is 5.66. The summed E-state index contributed by atoms with van der Waals surface area (Å²) in [6, 6.07) is 11.2. The number of hydrogen-bond donors (Lipinski definition) is 2. The molecule has 9 heteroatoms. The number of nitrogens with zero attached hydrogens (tertiary/aromatic N) is 3. The molecule has 0 unspecified atom stereocenters. The molecule has 32 heavy (non-hydrogen) atoms. The van der Waals surface area contributed by atoms with Crippen molar-refractivity contribution >= 4 is 45.6 Å². The van der Waals surface area contributed by atoms with E-state index >= 15 is 0 Å². The molecule has 1 saturated heterocycles. The molecule has 1 aromatic heterocycles. The maximum absolute atomic E-state index is 11.5. The molecule has 1 aliphatic rings. The van der Waals surface area contributed by atoms with Crippen molar-refractivity contribution in [2.75, 3.05) is 37.8 Å². The first-order valence-electron chi connectivity index (χ1n) is 10.8. The molecular formula is C23H34IN5O2S. The average molecular weight is 572 g/mol. The number of nitrogens with one attached hydrogen (secondary N) is 2. The lowest BCUT2D eigenvalue weighted by Gasteiger charge is -2.31. The lowest BCUT2D eigenvalue weighted by atomic mass is 9.99. The van der Waals surface area contributed by atoms with Crippen LogP contribution in [-0.4, -0.2) is 52.3 Å². The largest absolute Gasteiger partial charge is 0.357 e. The van der Waals surface area contributed by atoms with Crippen LogP contribution in [0, 0.1) is 5.92 Å². The standard InChI is InChI=1S/C23H33N5O2S.HI/c1-18-11-14-28(15-12-18)22-9-6-20(16-26-22)17-27-23(24-2)25-13-10-19-4-7-21(8-5-19)31(3,29)30;/h4-9,16,18H,10-15,17H2,1-3H3,(H2,24,25,27);1H. The van der Waals surface area contributed by atoms with Crippen molar-refractivity contribution in [1.82, 2.24) is 15.6 Å². The number of guanidine groups is 1. The van der Waals surface area contributed by atoms with Gasteiger partial charge < -0.3 is 15.5 Å². The van der Waals surface area contributed by atoms with Crippen LogP contribution < -0.4 is 15.5 Å². The van der Waals surface area contributed by atoms with Crippen molar-refractivity contribution in [3.8, 4) is 0 Å². The lowest BCUT2D eigenvalue weighted by Crippen LogP contribution is -2.38. The first kappa shape index (κ1) is 26.4. The van der Waals surface area contributed by atoms with Gasteiger partial charge in [-0.25, -0.2) is 13.4 Å². The number of benzene rings is 1. The Morgan fingerprint density at radius 1 is 1.09 bits per heavy atom. The second-order valence-corrected chi connectivity index (χ2v) is 10.2. The summed E-state index contributed by atoms with van der Waals surface area (Å²) in [5, 5.41) is 6.60. The van der Waals surface area contributed by atoms with Gasteiger partial charge in [-0.1, -0.05) is 25.1 Å².